The Morgan fingerprint density at radius 2 is 1.54 bits per heavy atom. The number of pyridine rings is 1. The van der Waals surface area contributed by atoms with E-state index in [-0.39, 0.29) is 24.1 Å². The molecule has 0 spiro atoms. The number of aliphatic hydroxyl groups is 1. The molecule has 3 aliphatic rings. The molecule has 0 saturated carbocycles. The maximum absolute atomic E-state index is 13.5. The van der Waals surface area contributed by atoms with Gasteiger partial charge in [-0.25, -0.2) is 4.79 Å². The van der Waals surface area contributed by atoms with E-state index in [1.54, 1.807) is 6.20 Å². The molecule has 2 aliphatic heterocycles. The van der Waals surface area contributed by atoms with Crippen LogP contribution in [0.1, 0.15) is 54.7 Å². The van der Waals surface area contributed by atoms with Gasteiger partial charge in [-0.1, -0.05) is 66.7 Å². The van der Waals surface area contributed by atoms with Gasteiger partial charge in [0.15, 0.2) is 0 Å². The minimum Gasteiger partial charge on any atom is -0.448 e. The Labute approximate surface area is 216 Å². The molecule has 3 aromatic carbocycles. The fraction of sp³-hybridized carbons (Fsp3) is 0.312. The van der Waals surface area contributed by atoms with Crippen molar-refractivity contribution in [2.45, 2.75) is 55.7 Å². The Morgan fingerprint density at radius 3 is 2.24 bits per heavy atom. The van der Waals surface area contributed by atoms with Gasteiger partial charge in [-0.3, -0.25) is 4.98 Å². The Hall–Kier alpha value is -3.70. The van der Waals surface area contributed by atoms with Gasteiger partial charge in [-0.2, -0.15) is 0 Å². The van der Waals surface area contributed by atoms with Crippen LogP contribution in [0.2, 0.25) is 0 Å². The van der Waals surface area contributed by atoms with Crippen molar-refractivity contribution in [2.75, 3.05) is 6.61 Å². The van der Waals surface area contributed by atoms with E-state index in [1.807, 2.05) is 29.2 Å². The number of ether oxygens (including phenoxy) is 1. The Kier molecular flexibility index (Phi) is 5.29. The molecular weight excluding hydrogens is 460 g/mol. The summed E-state index contributed by atoms with van der Waals surface area (Å²) in [5.41, 5.74) is 5.65. The minimum absolute atomic E-state index is 0.0420. The third kappa shape index (κ3) is 3.72. The predicted molar refractivity (Wildman–Crippen MR) is 143 cm³/mol. The zero-order chi connectivity index (χ0) is 25.0. The molecule has 186 valence electrons. The second kappa shape index (κ2) is 8.70. The van der Waals surface area contributed by atoms with E-state index in [4.69, 9.17) is 4.74 Å². The minimum atomic E-state index is -0.993. The van der Waals surface area contributed by atoms with Crippen LogP contribution >= 0.6 is 0 Å². The molecule has 2 fully saturated rings. The van der Waals surface area contributed by atoms with Crippen molar-refractivity contribution in [3.05, 3.63) is 102 Å². The van der Waals surface area contributed by atoms with Gasteiger partial charge in [0.05, 0.1) is 11.1 Å². The molecule has 0 radical (unpaired) electrons. The normalized spacial score (nSPS) is 24.5. The highest BCUT2D eigenvalue weighted by molar-refractivity contribution is 5.80. The molecule has 2 saturated heterocycles. The molecule has 37 heavy (non-hydrogen) atoms. The van der Waals surface area contributed by atoms with E-state index in [9.17, 15) is 9.90 Å². The number of rotatable bonds is 3. The van der Waals surface area contributed by atoms with Crippen LogP contribution in [-0.2, 0) is 10.3 Å². The van der Waals surface area contributed by atoms with E-state index in [1.165, 1.54) is 22.3 Å². The van der Waals surface area contributed by atoms with Gasteiger partial charge in [-0.15, -0.1) is 0 Å². The lowest BCUT2D eigenvalue weighted by atomic mass is 9.73. The summed E-state index contributed by atoms with van der Waals surface area (Å²) in [5.74, 6) is 0.0431. The number of nitrogens with zero attached hydrogens (tertiary/aromatic N) is 2. The summed E-state index contributed by atoms with van der Waals surface area (Å²) < 4.78 is 6.04. The van der Waals surface area contributed by atoms with E-state index < -0.39 is 5.60 Å². The van der Waals surface area contributed by atoms with Crippen molar-refractivity contribution >= 4 is 17.0 Å². The Morgan fingerprint density at radius 1 is 0.919 bits per heavy atom. The second-order valence-electron chi connectivity index (χ2n) is 10.8. The number of amides is 1. The van der Waals surface area contributed by atoms with Crippen LogP contribution < -0.4 is 0 Å². The summed E-state index contributed by atoms with van der Waals surface area (Å²) in [4.78, 5) is 20.0. The first-order chi connectivity index (χ1) is 18.1. The molecule has 1 N–H and O–H groups in total. The molecule has 1 aliphatic carbocycles. The zero-order valence-corrected chi connectivity index (χ0v) is 20.7. The van der Waals surface area contributed by atoms with Crippen LogP contribution in [-0.4, -0.2) is 39.8 Å². The van der Waals surface area contributed by atoms with Crippen molar-refractivity contribution < 1.29 is 14.6 Å². The highest BCUT2D eigenvalue weighted by atomic mass is 16.6. The summed E-state index contributed by atoms with van der Waals surface area (Å²) >= 11 is 0. The van der Waals surface area contributed by atoms with Crippen LogP contribution in [0.3, 0.4) is 0 Å². The molecule has 2 unspecified atom stereocenters. The number of hydrogen-bond donors (Lipinski definition) is 1. The molecule has 1 amide bonds. The lowest BCUT2D eigenvalue weighted by Gasteiger charge is -2.51. The predicted octanol–water partition coefficient (Wildman–Crippen LogP) is 6.39. The molecule has 4 aromatic rings. The van der Waals surface area contributed by atoms with Crippen molar-refractivity contribution in [1.29, 1.82) is 0 Å². The smallest absolute Gasteiger partial charge is 0.410 e. The van der Waals surface area contributed by atoms with Gasteiger partial charge in [0.1, 0.15) is 6.61 Å². The molecule has 5 heteroatoms. The number of hydrogen-bond acceptors (Lipinski definition) is 4. The van der Waals surface area contributed by atoms with Crippen LogP contribution in [0.25, 0.3) is 22.0 Å². The van der Waals surface area contributed by atoms with Gasteiger partial charge >= 0.3 is 6.09 Å². The number of carbonyl (C=O) groups excluding carboxylic acids is 1. The van der Waals surface area contributed by atoms with Gasteiger partial charge in [0.2, 0.25) is 0 Å². The first-order valence-corrected chi connectivity index (χ1v) is 13.3. The van der Waals surface area contributed by atoms with Gasteiger partial charge in [0.25, 0.3) is 0 Å². The van der Waals surface area contributed by atoms with Crippen LogP contribution in [0.5, 0.6) is 0 Å². The third-order valence-electron chi connectivity index (χ3n) is 8.68. The fourth-order valence-corrected chi connectivity index (χ4v) is 6.96. The van der Waals surface area contributed by atoms with Crippen molar-refractivity contribution in [1.82, 2.24) is 9.88 Å². The summed E-state index contributed by atoms with van der Waals surface area (Å²) in [5, 5.41) is 12.8. The highest BCUT2D eigenvalue weighted by Gasteiger charge is 2.49. The summed E-state index contributed by atoms with van der Waals surface area (Å²) in [6.45, 7) is 0.321. The Balaban J connectivity index is 1.11. The molecule has 2 atom stereocenters. The topological polar surface area (TPSA) is 62.7 Å². The van der Waals surface area contributed by atoms with Gasteiger partial charge in [-0.05, 0) is 53.6 Å². The van der Waals surface area contributed by atoms with E-state index in [2.05, 4.69) is 59.6 Å². The summed E-state index contributed by atoms with van der Waals surface area (Å²) in [6.07, 6.45) is 5.39. The molecule has 7 rings (SSSR count). The molecule has 2 bridgehead atoms. The fourth-order valence-electron chi connectivity index (χ4n) is 6.96. The highest BCUT2D eigenvalue weighted by Crippen LogP contribution is 2.46. The maximum Gasteiger partial charge on any atom is 0.410 e. The van der Waals surface area contributed by atoms with Crippen LogP contribution in [0.4, 0.5) is 4.79 Å². The SMILES string of the molecule is O=C(OCC1c2ccccc2-c2ccccc21)N1C2CCCC1CC(O)(c1cnc3ccccc3c1)C2. The first-order valence-electron chi connectivity index (χ1n) is 13.3. The lowest BCUT2D eigenvalue weighted by Crippen LogP contribution is -2.59. The average molecular weight is 491 g/mol. The lowest BCUT2D eigenvalue weighted by molar-refractivity contribution is -0.0891. The molecule has 3 heterocycles. The van der Waals surface area contributed by atoms with E-state index >= 15 is 0 Å². The van der Waals surface area contributed by atoms with Crippen LogP contribution in [0, 0.1) is 0 Å². The maximum atomic E-state index is 13.5. The van der Waals surface area contributed by atoms with Crippen molar-refractivity contribution in [3.8, 4) is 11.1 Å². The molecule has 1 aromatic heterocycles. The third-order valence-corrected chi connectivity index (χ3v) is 8.68. The van der Waals surface area contributed by atoms with E-state index in [0.717, 1.165) is 35.7 Å². The number of benzene rings is 3. The van der Waals surface area contributed by atoms with Crippen LogP contribution in [0.15, 0.2) is 85.1 Å². The quantitative estimate of drug-likeness (QED) is 0.362. The largest absolute Gasteiger partial charge is 0.448 e. The number of piperidine rings is 2. The molecular formula is C32H30N2O3. The number of carbonyl (C=O) groups is 1. The van der Waals surface area contributed by atoms with Gasteiger partial charge in [0, 0.05) is 48.0 Å². The second-order valence-corrected chi connectivity index (χ2v) is 10.8. The zero-order valence-electron chi connectivity index (χ0n) is 20.7. The van der Waals surface area contributed by atoms with Crippen molar-refractivity contribution in [3.63, 3.8) is 0 Å². The summed E-state index contributed by atoms with van der Waals surface area (Å²) in [6, 6.07) is 26.8. The number of para-hydroxylation sites is 1. The Bertz CT molecular complexity index is 1440. The van der Waals surface area contributed by atoms with Gasteiger partial charge < -0.3 is 14.7 Å². The molecule has 5 nitrogen and oxygen atoms in total. The average Bonchev–Trinajstić information content (AvgIpc) is 3.24. The number of aromatic nitrogens is 1. The summed E-state index contributed by atoms with van der Waals surface area (Å²) in [7, 11) is 0. The standard InChI is InChI=1S/C32H30N2O3/c35-31(37-20-29-27-13-4-2-11-25(27)26-12-3-5-14-28(26)29)34-23-9-7-10-24(34)18-32(36,17-23)22-16-21-8-1-6-15-30(21)33-19-22/h1-6,8,11-16,19,23-24,29,36H,7,9-10,17-18,20H2. The van der Waals surface area contributed by atoms with E-state index in [0.29, 0.717) is 19.4 Å². The first kappa shape index (κ1) is 22.5. The van der Waals surface area contributed by atoms with Crippen molar-refractivity contribution in [2.24, 2.45) is 0 Å². The number of fused-ring (bicyclic) bond motifs is 6. The monoisotopic (exact) mass is 490 g/mol.